The van der Waals surface area contributed by atoms with Crippen molar-refractivity contribution >= 4 is 55.1 Å². The van der Waals surface area contributed by atoms with E-state index in [1.165, 1.54) is 0 Å². The van der Waals surface area contributed by atoms with E-state index in [0.29, 0.717) is 0 Å². The van der Waals surface area contributed by atoms with Crippen molar-refractivity contribution in [1.29, 1.82) is 0 Å². The summed E-state index contributed by atoms with van der Waals surface area (Å²) < 4.78 is 0. The van der Waals surface area contributed by atoms with Gasteiger partial charge in [0.2, 0.25) is 0 Å². The Bertz CT molecular complexity index is 62.7. The van der Waals surface area contributed by atoms with E-state index in [1.807, 2.05) is 0 Å². The molecule has 0 saturated heterocycles. The SMILES string of the molecule is [Cl][Ag]([Cl])([Cl])([Cl])([Cl])[Cl]. The van der Waals surface area contributed by atoms with Crippen molar-refractivity contribution in [3.8, 4) is 0 Å². The van der Waals surface area contributed by atoms with Gasteiger partial charge in [0.05, 0.1) is 0 Å². The van der Waals surface area contributed by atoms with Crippen LogP contribution in [0.4, 0.5) is 0 Å². The van der Waals surface area contributed by atoms with E-state index in [0.717, 1.165) is 0 Å². The molecular weight excluding hydrogens is 321 g/mol. The second kappa shape index (κ2) is 1.55. The average Bonchev–Trinajstić information content (AvgIpc) is 0.592. The van der Waals surface area contributed by atoms with Crippen LogP contribution in [0.3, 0.4) is 0 Å². The zero-order valence-corrected chi connectivity index (χ0v) is 8.59. The second-order valence-electron chi connectivity index (χ2n) is 0.646. The molecule has 0 aromatic rings. The zero-order chi connectivity index (χ0) is 6.41. The van der Waals surface area contributed by atoms with E-state index in [-0.39, 0.29) is 0 Å². The van der Waals surface area contributed by atoms with Crippen LogP contribution in [0, 0.1) is 0 Å². The van der Waals surface area contributed by atoms with Crippen LogP contribution in [0.2, 0.25) is 0 Å². The maximum atomic E-state index is 5.02. The molecule has 53 valence electrons. The van der Waals surface area contributed by atoms with Gasteiger partial charge in [-0.05, 0) is 0 Å². The molecular formula is AgCl6. The minimum atomic E-state index is -5.02. The molecule has 0 aromatic heterocycles. The first-order valence-corrected chi connectivity index (χ1v) is 12.1. The van der Waals surface area contributed by atoms with E-state index in [9.17, 15) is 0 Å². The van der Waals surface area contributed by atoms with Gasteiger partial charge in [-0.15, -0.1) is 0 Å². The topological polar surface area (TPSA) is 0 Å². The van der Waals surface area contributed by atoms with Crippen LogP contribution in [0.5, 0.6) is 0 Å². The van der Waals surface area contributed by atoms with Crippen LogP contribution in [-0.4, -0.2) is 0 Å². The van der Waals surface area contributed by atoms with Crippen molar-refractivity contribution in [2.45, 2.75) is 0 Å². The van der Waals surface area contributed by atoms with E-state index < -0.39 is 8.02 Å². The first kappa shape index (κ1) is 9.48. The third-order valence-corrected chi connectivity index (χ3v) is 0. The van der Waals surface area contributed by atoms with Crippen molar-refractivity contribution in [2.75, 3.05) is 0 Å². The first-order valence-electron chi connectivity index (χ1n) is 0.684. The Morgan fingerprint density at radius 3 is 0.571 bits per heavy atom. The van der Waals surface area contributed by atoms with Crippen molar-refractivity contribution in [2.24, 2.45) is 0 Å². The Hall–Kier alpha value is 2.48. The summed E-state index contributed by atoms with van der Waals surface area (Å²) >= 11 is 0. The average molecular weight is 321 g/mol. The molecule has 0 heterocycles. The minimum absolute atomic E-state index is 5.02. The molecule has 0 rings (SSSR count). The van der Waals surface area contributed by atoms with Crippen LogP contribution >= 0.6 is 55.1 Å². The fourth-order valence-corrected chi connectivity index (χ4v) is 0. The number of halogens is 6. The predicted octanol–water partition coefficient (Wildman–Crippen LogP) is 4.13. The molecule has 0 aliphatic heterocycles. The second-order valence-corrected chi connectivity index (χ2v) is 34.4. The Morgan fingerprint density at radius 2 is 0.571 bits per heavy atom. The van der Waals surface area contributed by atoms with Crippen LogP contribution in [0.15, 0.2) is 0 Å². The van der Waals surface area contributed by atoms with Gasteiger partial charge in [0.1, 0.15) is 0 Å². The van der Waals surface area contributed by atoms with Gasteiger partial charge in [0, 0.05) is 0 Å². The Morgan fingerprint density at radius 1 is 0.571 bits per heavy atom. The molecule has 0 spiro atoms. The van der Waals surface area contributed by atoms with Gasteiger partial charge in [-0.2, -0.15) is 0 Å². The fraction of sp³-hybridized carbons (Fsp3) is 0. The molecule has 0 fully saturated rings. The Balaban J connectivity index is 4.43. The number of rotatable bonds is 0. The van der Waals surface area contributed by atoms with Gasteiger partial charge in [-0.3, -0.25) is 0 Å². The van der Waals surface area contributed by atoms with Crippen molar-refractivity contribution < 1.29 is 8.02 Å². The van der Waals surface area contributed by atoms with Gasteiger partial charge in [0.15, 0.2) is 0 Å². The van der Waals surface area contributed by atoms with Gasteiger partial charge >= 0.3 is 63.2 Å². The third kappa shape index (κ3) is 57.9. The summed E-state index contributed by atoms with van der Waals surface area (Å²) in [5.74, 6) is 0. The zero-order valence-electron chi connectivity index (χ0n) is 2.57. The standard InChI is InChI=1S/Ag.6ClH/h;6*1H/q+6;;;;;;/p-6. The molecule has 0 amide bonds. The molecule has 0 unspecified atom stereocenters. The molecule has 0 aliphatic rings. The van der Waals surface area contributed by atoms with E-state index in [1.54, 1.807) is 0 Å². The number of hydrogen-bond acceptors (Lipinski definition) is 0. The summed E-state index contributed by atoms with van der Waals surface area (Å²) in [6, 6.07) is 0. The summed E-state index contributed by atoms with van der Waals surface area (Å²) in [6.07, 6.45) is 0. The summed E-state index contributed by atoms with van der Waals surface area (Å²) in [7, 11) is 25.1. The van der Waals surface area contributed by atoms with Gasteiger partial charge < -0.3 is 0 Å². The van der Waals surface area contributed by atoms with Crippen molar-refractivity contribution in [1.82, 2.24) is 0 Å². The normalized spacial score (nSPS) is 23.1. The van der Waals surface area contributed by atoms with Gasteiger partial charge in [0.25, 0.3) is 0 Å². The molecule has 0 atom stereocenters. The Labute approximate surface area is 62.3 Å². The summed E-state index contributed by atoms with van der Waals surface area (Å²) in [5.41, 5.74) is 0. The maximum absolute atomic E-state index is 5.02. The van der Waals surface area contributed by atoms with E-state index in [4.69, 9.17) is 55.1 Å². The van der Waals surface area contributed by atoms with Gasteiger partial charge in [-0.25, -0.2) is 0 Å². The molecule has 0 aliphatic carbocycles. The van der Waals surface area contributed by atoms with E-state index >= 15 is 0 Å². The third-order valence-electron chi connectivity index (χ3n) is 0. The summed E-state index contributed by atoms with van der Waals surface area (Å²) in [6.45, 7) is 0. The molecule has 0 nitrogen and oxygen atoms in total. The molecule has 0 radical (unpaired) electrons. The quantitative estimate of drug-likeness (QED) is 0.589. The molecule has 7 heteroatoms. The molecule has 0 aromatic carbocycles. The summed E-state index contributed by atoms with van der Waals surface area (Å²) in [5, 5.41) is 0. The van der Waals surface area contributed by atoms with E-state index in [2.05, 4.69) is 0 Å². The summed E-state index contributed by atoms with van der Waals surface area (Å²) in [4.78, 5) is 0. The van der Waals surface area contributed by atoms with Crippen LogP contribution in [0.1, 0.15) is 0 Å². The molecule has 0 N–H and O–H groups in total. The van der Waals surface area contributed by atoms with Crippen LogP contribution in [-0.2, 0) is 8.02 Å². The predicted molar refractivity (Wildman–Crippen MR) is 35.1 cm³/mol. The van der Waals surface area contributed by atoms with Crippen molar-refractivity contribution in [3.05, 3.63) is 0 Å². The molecule has 7 heavy (non-hydrogen) atoms. The molecule has 0 bridgehead atoms. The Kier molecular flexibility index (Phi) is 2.10. The first-order chi connectivity index (χ1) is 2.45. The number of hydrogen-bond donors (Lipinski definition) is 0. The monoisotopic (exact) mass is 317 g/mol. The van der Waals surface area contributed by atoms with Crippen LogP contribution < -0.4 is 0 Å². The van der Waals surface area contributed by atoms with Crippen LogP contribution in [0.25, 0.3) is 0 Å². The van der Waals surface area contributed by atoms with Crippen molar-refractivity contribution in [3.63, 3.8) is 0 Å². The van der Waals surface area contributed by atoms with Gasteiger partial charge in [-0.1, -0.05) is 0 Å². The molecule has 0 saturated carbocycles. The fourth-order valence-electron chi connectivity index (χ4n) is 0.